The van der Waals surface area contributed by atoms with E-state index < -0.39 is 17.5 Å². The molecule has 0 amide bonds. The lowest BCUT2D eigenvalue weighted by molar-refractivity contribution is -0.184. The smallest absolute Gasteiger partial charge is 0.350 e. The Bertz CT molecular complexity index is 424. The molecule has 1 aromatic rings. The lowest BCUT2D eigenvalue weighted by Crippen LogP contribution is -2.51. The zero-order chi connectivity index (χ0) is 13.8. The van der Waals surface area contributed by atoms with Crippen LogP contribution >= 0.6 is 0 Å². The molecule has 0 aliphatic rings. The van der Waals surface area contributed by atoms with Crippen LogP contribution in [0.2, 0.25) is 0 Å². The SMILES string of the molecule is COC(=O)C(Cc1ccn(C)n1)(OC)C(=O)OC. The lowest BCUT2D eigenvalue weighted by atomic mass is 9.97. The molecule has 0 aliphatic heterocycles. The summed E-state index contributed by atoms with van der Waals surface area (Å²) in [5.74, 6) is -1.63. The number of esters is 2. The Balaban J connectivity index is 3.10. The van der Waals surface area contributed by atoms with Gasteiger partial charge in [-0.2, -0.15) is 5.10 Å². The van der Waals surface area contributed by atoms with Crippen LogP contribution in [0.15, 0.2) is 12.3 Å². The number of methoxy groups -OCH3 is 3. The second-order valence-corrected chi connectivity index (χ2v) is 3.67. The number of rotatable bonds is 5. The van der Waals surface area contributed by atoms with E-state index in [4.69, 9.17) is 4.74 Å². The second-order valence-electron chi connectivity index (χ2n) is 3.67. The Kier molecular flexibility index (Phi) is 4.43. The van der Waals surface area contributed by atoms with Gasteiger partial charge in [0.2, 0.25) is 0 Å². The number of hydrogen-bond acceptors (Lipinski definition) is 6. The number of nitrogens with zero attached hydrogens (tertiary/aromatic N) is 2. The molecule has 0 aromatic carbocycles. The molecule has 7 heteroatoms. The molecule has 0 unspecified atom stereocenters. The lowest BCUT2D eigenvalue weighted by Gasteiger charge is -2.25. The molecule has 1 aromatic heterocycles. The van der Waals surface area contributed by atoms with E-state index in [0.29, 0.717) is 5.69 Å². The summed E-state index contributed by atoms with van der Waals surface area (Å²) in [6.45, 7) is 0. The maximum Gasteiger partial charge on any atom is 0.350 e. The molecular formula is C11H16N2O5. The van der Waals surface area contributed by atoms with Crippen molar-refractivity contribution in [2.24, 2.45) is 7.05 Å². The number of hydrogen-bond donors (Lipinski definition) is 0. The third-order valence-electron chi connectivity index (χ3n) is 2.58. The molecule has 0 saturated heterocycles. The van der Waals surface area contributed by atoms with Crippen molar-refractivity contribution in [1.82, 2.24) is 9.78 Å². The molecule has 0 saturated carbocycles. The largest absolute Gasteiger partial charge is 0.466 e. The Hall–Kier alpha value is -1.89. The average Bonchev–Trinajstić information content (AvgIpc) is 2.79. The predicted octanol–water partition coefficient (Wildman–Crippen LogP) is -0.306. The van der Waals surface area contributed by atoms with Crippen LogP contribution in [0.5, 0.6) is 0 Å². The van der Waals surface area contributed by atoms with Crippen LogP contribution in [0.4, 0.5) is 0 Å². The van der Waals surface area contributed by atoms with E-state index in [1.165, 1.54) is 21.3 Å². The first-order chi connectivity index (χ1) is 8.50. The maximum absolute atomic E-state index is 11.8. The van der Waals surface area contributed by atoms with Crippen LogP contribution < -0.4 is 0 Å². The minimum Gasteiger partial charge on any atom is -0.466 e. The number of aromatic nitrogens is 2. The highest BCUT2D eigenvalue weighted by Gasteiger charge is 2.49. The van der Waals surface area contributed by atoms with Crippen molar-refractivity contribution in [2.45, 2.75) is 12.0 Å². The third kappa shape index (κ3) is 2.51. The monoisotopic (exact) mass is 256 g/mol. The van der Waals surface area contributed by atoms with Gasteiger partial charge < -0.3 is 14.2 Å². The van der Waals surface area contributed by atoms with Crippen molar-refractivity contribution in [2.75, 3.05) is 21.3 Å². The average molecular weight is 256 g/mol. The fourth-order valence-corrected chi connectivity index (χ4v) is 1.61. The van der Waals surface area contributed by atoms with Crippen LogP contribution in [0.3, 0.4) is 0 Å². The summed E-state index contributed by atoms with van der Waals surface area (Å²) in [6, 6.07) is 1.68. The molecule has 0 N–H and O–H groups in total. The highest BCUT2D eigenvalue weighted by molar-refractivity contribution is 6.03. The minimum atomic E-state index is -1.82. The minimum absolute atomic E-state index is 0.0519. The zero-order valence-corrected chi connectivity index (χ0v) is 10.8. The molecule has 0 spiro atoms. The molecule has 1 heterocycles. The fraction of sp³-hybridized carbons (Fsp3) is 0.545. The van der Waals surface area contributed by atoms with E-state index in [9.17, 15) is 9.59 Å². The molecule has 100 valence electrons. The molecule has 7 nitrogen and oxygen atoms in total. The third-order valence-corrected chi connectivity index (χ3v) is 2.58. The Morgan fingerprint density at radius 2 is 1.83 bits per heavy atom. The molecule has 0 bridgehead atoms. The fourth-order valence-electron chi connectivity index (χ4n) is 1.61. The van der Waals surface area contributed by atoms with Gasteiger partial charge in [-0.3, -0.25) is 4.68 Å². The van der Waals surface area contributed by atoms with Gasteiger partial charge in [0.05, 0.1) is 19.9 Å². The molecule has 18 heavy (non-hydrogen) atoms. The van der Waals surface area contributed by atoms with Crippen molar-refractivity contribution in [3.63, 3.8) is 0 Å². The van der Waals surface area contributed by atoms with E-state index in [1.54, 1.807) is 24.0 Å². The van der Waals surface area contributed by atoms with Gasteiger partial charge in [-0.25, -0.2) is 9.59 Å². The highest BCUT2D eigenvalue weighted by atomic mass is 16.6. The maximum atomic E-state index is 11.8. The van der Waals surface area contributed by atoms with Crippen molar-refractivity contribution >= 4 is 11.9 Å². The van der Waals surface area contributed by atoms with Gasteiger partial charge in [-0.15, -0.1) is 0 Å². The van der Waals surface area contributed by atoms with Gasteiger partial charge in [-0.05, 0) is 6.07 Å². The first-order valence-electron chi connectivity index (χ1n) is 5.20. The van der Waals surface area contributed by atoms with Crippen molar-refractivity contribution in [3.05, 3.63) is 18.0 Å². The van der Waals surface area contributed by atoms with E-state index >= 15 is 0 Å². The van der Waals surface area contributed by atoms with Crippen molar-refractivity contribution < 1.29 is 23.8 Å². The first kappa shape index (κ1) is 14.2. The Morgan fingerprint density at radius 3 is 2.17 bits per heavy atom. The van der Waals surface area contributed by atoms with Crippen molar-refractivity contribution in [3.8, 4) is 0 Å². The van der Waals surface area contributed by atoms with Gasteiger partial charge in [0, 0.05) is 26.8 Å². The van der Waals surface area contributed by atoms with E-state index in [-0.39, 0.29) is 6.42 Å². The highest BCUT2D eigenvalue weighted by Crippen LogP contribution is 2.20. The van der Waals surface area contributed by atoms with Gasteiger partial charge in [-0.1, -0.05) is 0 Å². The van der Waals surface area contributed by atoms with Crippen LogP contribution in [-0.2, 0) is 37.3 Å². The van der Waals surface area contributed by atoms with Gasteiger partial charge in [0.15, 0.2) is 0 Å². The number of carbonyl (C=O) groups is 2. The van der Waals surface area contributed by atoms with Crippen LogP contribution in [0.1, 0.15) is 5.69 Å². The number of aryl methyl sites for hydroxylation is 1. The number of carbonyl (C=O) groups excluding carboxylic acids is 2. The summed E-state index contributed by atoms with van der Waals surface area (Å²) in [5.41, 5.74) is -1.30. The number of ether oxygens (including phenoxy) is 3. The summed E-state index contributed by atoms with van der Waals surface area (Å²) in [7, 11) is 5.33. The Labute approximate surface area is 105 Å². The Morgan fingerprint density at radius 1 is 1.28 bits per heavy atom. The zero-order valence-electron chi connectivity index (χ0n) is 10.8. The van der Waals surface area contributed by atoms with Crippen LogP contribution in [0, 0.1) is 0 Å². The van der Waals surface area contributed by atoms with Gasteiger partial charge in [0.25, 0.3) is 5.60 Å². The first-order valence-corrected chi connectivity index (χ1v) is 5.20. The van der Waals surface area contributed by atoms with E-state index in [1.807, 2.05) is 0 Å². The topological polar surface area (TPSA) is 79.7 Å². The molecule has 0 fully saturated rings. The second kappa shape index (κ2) is 5.63. The summed E-state index contributed by atoms with van der Waals surface area (Å²) >= 11 is 0. The summed E-state index contributed by atoms with van der Waals surface area (Å²) in [4.78, 5) is 23.6. The normalized spacial score (nSPS) is 11.1. The summed E-state index contributed by atoms with van der Waals surface area (Å²) in [5, 5.41) is 4.10. The van der Waals surface area contributed by atoms with Gasteiger partial charge in [0.1, 0.15) is 0 Å². The predicted molar refractivity (Wildman–Crippen MR) is 60.7 cm³/mol. The summed E-state index contributed by atoms with van der Waals surface area (Å²) in [6.07, 6.45) is 1.65. The standard InChI is InChI=1S/C11H16N2O5/c1-13-6-5-8(12-13)7-11(18-4,9(14)16-2)10(15)17-3/h5-6H,7H2,1-4H3. The summed E-state index contributed by atoms with van der Waals surface area (Å²) < 4.78 is 15.8. The van der Waals surface area contributed by atoms with Crippen LogP contribution in [0.25, 0.3) is 0 Å². The van der Waals surface area contributed by atoms with Crippen LogP contribution in [-0.4, -0.2) is 48.6 Å². The van der Waals surface area contributed by atoms with Gasteiger partial charge >= 0.3 is 11.9 Å². The van der Waals surface area contributed by atoms with E-state index in [2.05, 4.69) is 14.6 Å². The molecule has 0 radical (unpaired) electrons. The molecule has 0 aliphatic carbocycles. The molecule has 0 atom stereocenters. The molecular weight excluding hydrogens is 240 g/mol. The van der Waals surface area contributed by atoms with E-state index in [0.717, 1.165) is 0 Å². The molecule has 1 rings (SSSR count). The van der Waals surface area contributed by atoms with Crippen molar-refractivity contribution in [1.29, 1.82) is 0 Å². The quantitative estimate of drug-likeness (QED) is 0.531.